The van der Waals surface area contributed by atoms with Crippen LogP contribution in [-0.2, 0) is 0 Å². The summed E-state index contributed by atoms with van der Waals surface area (Å²) in [4.78, 5) is 2.51. The van der Waals surface area contributed by atoms with Gasteiger partial charge in [0.05, 0.1) is 0 Å². The smallest absolute Gasteiger partial charge is 0.161 e. The monoisotopic (exact) mass is 276 g/mol. The molecule has 0 bridgehead atoms. The number of rotatable bonds is 3. The number of likely N-dealkylation sites (tertiary alicyclic amines) is 1. The van der Waals surface area contributed by atoms with Gasteiger partial charge in [0.15, 0.2) is 11.5 Å². The molecule has 0 amide bonds. The van der Waals surface area contributed by atoms with E-state index in [1.165, 1.54) is 19.3 Å². The standard InChI is InChI=1S/C16H24N2O2/c1-12-5-4-6-13(9-17)18(12)10-14-11-19-15-7-2-3-8-16(15)20-14/h2-3,7-8,12-14H,4-6,9-11,17H2,1H3. The van der Waals surface area contributed by atoms with E-state index in [0.29, 0.717) is 18.7 Å². The van der Waals surface area contributed by atoms with Crippen LogP contribution in [0.2, 0.25) is 0 Å². The lowest BCUT2D eigenvalue weighted by molar-refractivity contribution is 0.0152. The molecule has 4 nitrogen and oxygen atoms in total. The van der Waals surface area contributed by atoms with Gasteiger partial charge in [-0.05, 0) is 31.9 Å². The van der Waals surface area contributed by atoms with Crippen LogP contribution in [0.1, 0.15) is 26.2 Å². The van der Waals surface area contributed by atoms with Crippen LogP contribution in [0, 0.1) is 0 Å². The molecule has 3 atom stereocenters. The largest absolute Gasteiger partial charge is 0.486 e. The zero-order chi connectivity index (χ0) is 13.9. The molecule has 2 aliphatic heterocycles. The molecule has 3 unspecified atom stereocenters. The molecule has 2 heterocycles. The SMILES string of the molecule is CC1CCCC(CN)N1CC1COc2ccccc2O1. The van der Waals surface area contributed by atoms with E-state index in [1.54, 1.807) is 0 Å². The van der Waals surface area contributed by atoms with Crippen LogP contribution < -0.4 is 15.2 Å². The summed E-state index contributed by atoms with van der Waals surface area (Å²) in [6.07, 6.45) is 3.83. The minimum atomic E-state index is 0.0968. The van der Waals surface area contributed by atoms with E-state index in [-0.39, 0.29) is 6.10 Å². The molecule has 0 aliphatic carbocycles. The zero-order valence-corrected chi connectivity index (χ0v) is 12.1. The van der Waals surface area contributed by atoms with E-state index in [0.717, 1.165) is 24.6 Å². The minimum Gasteiger partial charge on any atom is -0.486 e. The number of nitrogens with zero attached hydrogens (tertiary/aromatic N) is 1. The summed E-state index contributed by atoms with van der Waals surface area (Å²) in [5.41, 5.74) is 5.92. The Hall–Kier alpha value is -1.26. The molecule has 0 spiro atoms. The number of fused-ring (bicyclic) bond motifs is 1. The molecule has 20 heavy (non-hydrogen) atoms. The number of piperidine rings is 1. The minimum absolute atomic E-state index is 0.0968. The molecule has 2 N–H and O–H groups in total. The maximum Gasteiger partial charge on any atom is 0.161 e. The van der Waals surface area contributed by atoms with Gasteiger partial charge in [-0.2, -0.15) is 0 Å². The van der Waals surface area contributed by atoms with E-state index in [4.69, 9.17) is 15.2 Å². The summed E-state index contributed by atoms with van der Waals surface area (Å²) in [6, 6.07) is 8.95. The Balaban J connectivity index is 1.66. The fourth-order valence-corrected chi connectivity index (χ4v) is 3.31. The first-order chi connectivity index (χ1) is 9.78. The Morgan fingerprint density at radius 1 is 1.25 bits per heavy atom. The van der Waals surface area contributed by atoms with Gasteiger partial charge in [-0.15, -0.1) is 0 Å². The fraction of sp³-hybridized carbons (Fsp3) is 0.625. The number of nitrogens with two attached hydrogens (primary N) is 1. The van der Waals surface area contributed by atoms with Gasteiger partial charge in [-0.1, -0.05) is 18.6 Å². The molecule has 1 aromatic carbocycles. The molecule has 2 aliphatic rings. The van der Waals surface area contributed by atoms with Crippen molar-refractivity contribution in [3.63, 3.8) is 0 Å². The number of hydrogen-bond donors (Lipinski definition) is 1. The third-order valence-corrected chi connectivity index (χ3v) is 4.45. The summed E-state index contributed by atoms with van der Waals surface area (Å²) < 4.78 is 11.9. The van der Waals surface area contributed by atoms with E-state index >= 15 is 0 Å². The number of benzene rings is 1. The van der Waals surface area contributed by atoms with Crippen LogP contribution in [0.25, 0.3) is 0 Å². The number of ether oxygens (including phenoxy) is 2. The Morgan fingerprint density at radius 3 is 2.85 bits per heavy atom. The van der Waals surface area contributed by atoms with Crippen molar-refractivity contribution in [1.82, 2.24) is 4.90 Å². The van der Waals surface area contributed by atoms with Crippen LogP contribution in [0.3, 0.4) is 0 Å². The average molecular weight is 276 g/mol. The Labute approximate surface area is 120 Å². The molecule has 1 fully saturated rings. The van der Waals surface area contributed by atoms with Crippen molar-refractivity contribution >= 4 is 0 Å². The molecule has 110 valence electrons. The molecule has 3 rings (SSSR count). The summed E-state index contributed by atoms with van der Waals surface area (Å²) in [5.74, 6) is 1.71. The van der Waals surface area contributed by atoms with Crippen molar-refractivity contribution in [2.75, 3.05) is 19.7 Å². The second-order valence-electron chi connectivity index (χ2n) is 5.86. The van der Waals surface area contributed by atoms with Gasteiger partial charge in [0.25, 0.3) is 0 Å². The highest BCUT2D eigenvalue weighted by Crippen LogP contribution is 2.32. The summed E-state index contributed by atoms with van der Waals surface area (Å²) in [5, 5.41) is 0. The van der Waals surface area contributed by atoms with Crippen LogP contribution in [0.15, 0.2) is 24.3 Å². The van der Waals surface area contributed by atoms with Crippen LogP contribution in [0.5, 0.6) is 11.5 Å². The molecule has 1 aromatic rings. The summed E-state index contributed by atoms with van der Waals surface area (Å²) in [7, 11) is 0. The van der Waals surface area contributed by atoms with Gasteiger partial charge in [-0.3, -0.25) is 4.90 Å². The highest BCUT2D eigenvalue weighted by molar-refractivity contribution is 5.40. The average Bonchev–Trinajstić information content (AvgIpc) is 2.49. The molecule has 1 saturated heterocycles. The quantitative estimate of drug-likeness (QED) is 0.917. The van der Waals surface area contributed by atoms with E-state index < -0.39 is 0 Å². The lowest BCUT2D eigenvalue weighted by atomic mass is 9.96. The topological polar surface area (TPSA) is 47.7 Å². The van der Waals surface area contributed by atoms with Crippen molar-refractivity contribution in [2.24, 2.45) is 5.73 Å². The van der Waals surface area contributed by atoms with E-state index in [1.807, 2.05) is 24.3 Å². The second kappa shape index (κ2) is 6.02. The molecule has 0 radical (unpaired) electrons. The second-order valence-corrected chi connectivity index (χ2v) is 5.86. The highest BCUT2D eigenvalue weighted by atomic mass is 16.6. The predicted molar refractivity (Wildman–Crippen MR) is 79.2 cm³/mol. The fourth-order valence-electron chi connectivity index (χ4n) is 3.31. The van der Waals surface area contributed by atoms with Crippen molar-refractivity contribution in [3.05, 3.63) is 24.3 Å². The third-order valence-electron chi connectivity index (χ3n) is 4.45. The molecule has 4 heteroatoms. The van der Waals surface area contributed by atoms with Crippen molar-refractivity contribution in [1.29, 1.82) is 0 Å². The van der Waals surface area contributed by atoms with Crippen molar-refractivity contribution in [2.45, 2.75) is 44.4 Å². The summed E-state index contributed by atoms with van der Waals surface area (Å²) in [6.45, 7) is 4.54. The third kappa shape index (κ3) is 2.76. The first-order valence-electron chi connectivity index (χ1n) is 7.62. The lowest BCUT2D eigenvalue weighted by Gasteiger charge is -2.42. The maximum atomic E-state index is 6.07. The van der Waals surface area contributed by atoms with E-state index in [9.17, 15) is 0 Å². The first kappa shape index (κ1) is 13.7. The van der Waals surface area contributed by atoms with Crippen LogP contribution in [-0.4, -0.2) is 42.8 Å². The van der Waals surface area contributed by atoms with Gasteiger partial charge >= 0.3 is 0 Å². The van der Waals surface area contributed by atoms with Gasteiger partial charge in [-0.25, -0.2) is 0 Å². The summed E-state index contributed by atoms with van der Waals surface area (Å²) >= 11 is 0. The number of para-hydroxylation sites is 2. The van der Waals surface area contributed by atoms with Crippen LogP contribution in [0.4, 0.5) is 0 Å². The number of hydrogen-bond acceptors (Lipinski definition) is 4. The van der Waals surface area contributed by atoms with Crippen molar-refractivity contribution < 1.29 is 9.47 Å². The molecule has 0 aromatic heterocycles. The lowest BCUT2D eigenvalue weighted by Crippen LogP contribution is -2.53. The Morgan fingerprint density at radius 2 is 2.05 bits per heavy atom. The predicted octanol–water partition coefficient (Wildman–Crippen LogP) is 2.03. The normalized spacial score (nSPS) is 30.2. The highest BCUT2D eigenvalue weighted by Gasteiger charge is 2.31. The zero-order valence-electron chi connectivity index (χ0n) is 12.1. The first-order valence-corrected chi connectivity index (χ1v) is 7.62. The van der Waals surface area contributed by atoms with Crippen LogP contribution >= 0.6 is 0 Å². The Bertz CT molecular complexity index is 452. The Kier molecular flexibility index (Phi) is 4.13. The van der Waals surface area contributed by atoms with E-state index in [2.05, 4.69) is 11.8 Å². The van der Waals surface area contributed by atoms with Gasteiger partial charge in [0.2, 0.25) is 0 Å². The van der Waals surface area contributed by atoms with Gasteiger partial charge in [0.1, 0.15) is 12.7 Å². The molecular formula is C16H24N2O2. The van der Waals surface area contributed by atoms with Gasteiger partial charge < -0.3 is 15.2 Å². The van der Waals surface area contributed by atoms with Gasteiger partial charge in [0, 0.05) is 25.2 Å². The van der Waals surface area contributed by atoms with Crippen molar-refractivity contribution in [3.8, 4) is 11.5 Å². The molecular weight excluding hydrogens is 252 g/mol. The molecule has 0 saturated carbocycles. The maximum absolute atomic E-state index is 6.07.